The number of pyridine rings is 1. The molecule has 0 aliphatic rings. The number of hydrogen-bond acceptors (Lipinski definition) is 4. The summed E-state index contributed by atoms with van der Waals surface area (Å²) in [6, 6.07) is 0. The van der Waals surface area contributed by atoms with E-state index in [1.165, 1.54) is 0 Å². The number of nitrogens with zero attached hydrogens (tertiary/aromatic N) is 1. The van der Waals surface area contributed by atoms with E-state index in [4.69, 9.17) is 9.84 Å². The smallest absolute Gasteiger partial charge is 0.142 e. The minimum atomic E-state index is -0.160. The van der Waals surface area contributed by atoms with E-state index >= 15 is 0 Å². The van der Waals surface area contributed by atoms with Gasteiger partial charge in [0.15, 0.2) is 0 Å². The molecule has 0 aliphatic carbocycles. The summed E-state index contributed by atoms with van der Waals surface area (Å²) < 4.78 is 5.36. The van der Waals surface area contributed by atoms with Crippen molar-refractivity contribution in [1.82, 2.24) is 4.98 Å². The molecular weight excluding hydrogens is 206 g/mol. The van der Waals surface area contributed by atoms with Crippen molar-refractivity contribution in [2.45, 2.75) is 27.1 Å². The van der Waals surface area contributed by atoms with Crippen molar-refractivity contribution in [3.63, 3.8) is 0 Å². The average molecular weight is 223 g/mol. The fraction of sp³-hybridized carbons (Fsp3) is 0.417. The fourth-order valence-corrected chi connectivity index (χ4v) is 1.31. The largest absolute Gasteiger partial charge is 0.506 e. The first kappa shape index (κ1) is 12.7. The summed E-state index contributed by atoms with van der Waals surface area (Å²) >= 11 is 0. The zero-order valence-corrected chi connectivity index (χ0v) is 9.66. The third-order valence-corrected chi connectivity index (χ3v) is 2.20. The summed E-state index contributed by atoms with van der Waals surface area (Å²) in [5.41, 5.74) is 2.63. The zero-order valence-electron chi connectivity index (χ0n) is 9.66. The molecule has 0 unspecified atom stereocenters. The van der Waals surface area contributed by atoms with Gasteiger partial charge in [-0.2, -0.15) is 0 Å². The molecule has 16 heavy (non-hydrogen) atoms. The molecule has 0 spiro atoms. The summed E-state index contributed by atoms with van der Waals surface area (Å²) in [5, 5.41) is 18.9. The molecule has 1 aromatic rings. The second-order valence-corrected chi connectivity index (χ2v) is 3.80. The highest BCUT2D eigenvalue weighted by molar-refractivity contribution is 5.40. The Morgan fingerprint density at radius 3 is 2.81 bits per heavy atom. The van der Waals surface area contributed by atoms with Crippen LogP contribution in [0.3, 0.4) is 0 Å². The Kier molecular flexibility index (Phi) is 4.46. The molecule has 0 amide bonds. The molecule has 1 rings (SSSR count). The molecule has 0 fully saturated rings. The second kappa shape index (κ2) is 5.63. The molecule has 0 bridgehead atoms. The topological polar surface area (TPSA) is 62.6 Å². The van der Waals surface area contributed by atoms with Crippen molar-refractivity contribution in [1.29, 1.82) is 0 Å². The van der Waals surface area contributed by atoms with Gasteiger partial charge in [0.25, 0.3) is 0 Å². The molecule has 88 valence electrons. The van der Waals surface area contributed by atoms with Crippen LogP contribution in [0.4, 0.5) is 0 Å². The Hall–Kier alpha value is -1.39. The molecular formula is C12H17NO3. The van der Waals surface area contributed by atoms with E-state index in [0.29, 0.717) is 23.4 Å². The highest BCUT2D eigenvalue weighted by Gasteiger charge is 2.11. The standard InChI is InChI=1S/C12H17NO3/c1-8(2)6-16-7-11-10(5-14)4-13-9(3)12(11)15/h4,14-15H,1,5-7H2,2-3H3. The van der Waals surface area contributed by atoms with Crippen LogP contribution in [0, 0.1) is 6.92 Å². The monoisotopic (exact) mass is 223 g/mol. The Labute approximate surface area is 95.2 Å². The molecule has 0 aromatic carbocycles. The van der Waals surface area contributed by atoms with Crippen molar-refractivity contribution in [2.75, 3.05) is 6.61 Å². The third kappa shape index (κ3) is 3.05. The van der Waals surface area contributed by atoms with Gasteiger partial charge in [-0.1, -0.05) is 12.2 Å². The van der Waals surface area contributed by atoms with Gasteiger partial charge in [0.2, 0.25) is 0 Å². The van der Waals surface area contributed by atoms with Gasteiger partial charge < -0.3 is 14.9 Å². The van der Waals surface area contributed by atoms with Gasteiger partial charge in [0.1, 0.15) is 5.75 Å². The summed E-state index contributed by atoms with van der Waals surface area (Å²) in [5.74, 6) is 0.0910. The number of hydrogen-bond donors (Lipinski definition) is 2. The lowest BCUT2D eigenvalue weighted by atomic mass is 10.1. The van der Waals surface area contributed by atoms with Crippen LogP contribution in [-0.2, 0) is 18.0 Å². The normalized spacial score (nSPS) is 10.4. The molecule has 1 heterocycles. The van der Waals surface area contributed by atoms with Crippen molar-refractivity contribution < 1.29 is 14.9 Å². The number of aliphatic hydroxyl groups is 1. The van der Waals surface area contributed by atoms with E-state index in [1.807, 2.05) is 6.92 Å². The number of ether oxygens (including phenoxy) is 1. The van der Waals surface area contributed by atoms with Crippen molar-refractivity contribution in [3.05, 3.63) is 35.2 Å². The SMILES string of the molecule is C=C(C)COCc1c(CO)cnc(C)c1O. The van der Waals surface area contributed by atoms with Gasteiger partial charge in [-0.05, 0) is 13.8 Å². The first-order valence-electron chi connectivity index (χ1n) is 5.05. The molecule has 4 nitrogen and oxygen atoms in total. The van der Waals surface area contributed by atoms with E-state index in [-0.39, 0.29) is 19.0 Å². The van der Waals surface area contributed by atoms with Crippen molar-refractivity contribution in [2.24, 2.45) is 0 Å². The Morgan fingerprint density at radius 1 is 1.56 bits per heavy atom. The van der Waals surface area contributed by atoms with Crippen LogP contribution in [0.1, 0.15) is 23.7 Å². The average Bonchev–Trinajstić information content (AvgIpc) is 2.24. The predicted molar refractivity (Wildman–Crippen MR) is 61.0 cm³/mol. The Bertz CT molecular complexity index is 388. The Balaban J connectivity index is 2.83. The van der Waals surface area contributed by atoms with Crippen LogP contribution in [0.15, 0.2) is 18.3 Å². The van der Waals surface area contributed by atoms with E-state index in [9.17, 15) is 5.11 Å². The lowest BCUT2D eigenvalue weighted by Gasteiger charge is -2.11. The molecule has 0 saturated heterocycles. The van der Waals surface area contributed by atoms with Crippen molar-refractivity contribution >= 4 is 0 Å². The van der Waals surface area contributed by atoms with Crippen LogP contribution in [-0.4, -0.2) is 21.8 Å². The van der Waals surface area contributed by atoms with Gasteiger partial charge >= 0.3 is 0 Å². The van der Waals surface area contributed by atoms with Crippen LogP contribution in [0.2, 0.25) is 0 Å². The first-order valence-corrected chi connectivity index (χ1v) is 5.05. The minimum Gasteiger partial charge on any atom is -0.506 e. The minimum absolute atomic E-state index is 0.0910. The third-order valence-electron chi connectivity index (χ3n) is 2.20. The van der Waals surface area contributed by atoms with Gasteiger partial charge in [-0.15, -0.1) is 0 Å². The zero-order chi connectivity index (χ0) is 12.1. The van der Waals surface area contributed by atoms with Gasteiger partial charge in [-0.3, -0.25) is 4.98 Å². The van der Waals surface area contributed by atoms with Crippen LogP contribution in [0.25, 0.3) is 0 Å². The van der Waals surface area contributed by atoms with Gasteiger partial charge in [0, 0.05) is 17.3 Å². The number of aryl methyl sites for hydroxylation is 1. The van der Waals surface area contributed by atoms with E-state index in [2.05, 4.69) is 11.6 Å². The molecule has 0 aliphatic heterocycles. The maximum atomic E-state index is 9.80. The fourth-order valence-electron chi connectivity index (χ4n) is 1.31. The van der Waals surface area contributed by atoms with Crippen LogP contribution < -0.4 is 0 Å². The molecule has 4 heteroatoms. The lowest BCUT2D eigenvalue weighted by Crippen LogP contribution is -2.02. The first-order chi connectivity index (χ1) is 7.56. The van der Waals surface area contributed by atoms with Gasteiger partial charge in [-0.25, -0.2) is 0 Å². The summed E-state index contributed by atoms with van der Waals surface area (Å²) in [6.45, 7) is 7.82. The highest BCUT2D eigenvalue weighted by Crippen LogP contribution is 2.24. The maximum Gasteiger partial charge on any atom is 0.142 e. The van der Waals surface area contributed by atoms with E-state index in [1.54, 1.807) is 13.1 Å². The van der Waals surface area contributed by atoms with Crippen LogP contribution in [0.5, 0.6) is 5.75 Å². The second-order valence-electron chi connectivity index (χ2n) is 3.80. The van der Waals surface area contributed by atoms with Crippen molar-refractivity contribution in [3.8, 4) is 5.75 Å². The number of aromatic hydroxyl groups is 1. The summed E-state index contributed by atoms with van der Waals surface area (Å²) in [4.78, 5) is 3.97. The molecule has 0 atom stereocenters. The van der Waals surface area contributed by atoms with E-state index < -0.39 is 0 Å². The number of rotatable bonds is 5. The molecule has 1 aromatic heterocycles. The molecule has 0 radical (unpaired) electrons. The van der Waals surface area contributed by atoms with Crippen LogP contribution >= 0.6 is 0 Å². The maximum absolute atomic E-state index is 9.80. The lowest BCUT2D eigenvalue weighted by molar-refractivity contribution is 0.138. The highest BCUT2D eigenvalue weighted by atomic mass is 16.5. The molecule has 2 N–H and O–H groups in total. The Morgan fingerprint density at radius 2 is 2.25 bits per heavy atom. The summed E-state index contributed by atoms with van der Waals surface area (Å²) in [7, 11) is 0. The van der Waals surface area contributed by atoms with Gasteiger partial charge in [0.05, 0.1) is 25.5 Å². The quantitative estimate of drug-likeness (QED) is 0.745. The summed E-state index contributed by atoms with van der Waals surface area (Å²) in [6.07, 6.45) is 1.55. The number of aromatic nitrogens is 1. The predicted octanol–water partition coefficient (Wildman–Crippen LogP) is 1.68. The molecule has 0 saturated carbocycles. The van der Waals surface area contributed by atoms with E-state index in [0.717, 1.165) is 5.57 Å². The number of aliphatic hydroxyl groups excluding tert-OH is 1.